The molecule has 0 heterocycles. The van der Waals surface area contributed by atoms with E-state index in [-0.39, 0.29) is 5.91 Å². The fraction of sp³-hybridized carbons (Fsp3) is 0.381. The molecule has 2 rings (SSSR count). The number of rotatable bonds is 10. The van der Waals surface area contributed by atoms with Crippen LogP contribution in [0.5, 0.6) is 11.5 Å². The number of anilines is 1. The first-order chi connectivity index (χ1) is 12.6. The van der Waals surface area contributed by atoms with E-state index in [4.69, 9.17) is 14.2 Å². The Bertz CT molecular complexity index is 685. The molecule has 0 radical (unpaired) electrons. The smallest absolute Gasteiger partial charge is 0.265 e. The van der Waals surface area contributed by atoms with E-state index in [1.165, 1.54) is 0 Å². The first-order valence-electron chi connectivity index (χ1n) is 8.97. The van der Waals surface area contributed by atoms with Crippen molar-refractivity contribution < 1.29 is 19.0 Å². The van der Waals surface area contributed by atoms with E-state index in [1.54, 1.807) is 0 Å². The highest BCUT2D eigenvalue weighted by Crippen LogP contribution is 2.18. The van der Waals surface area contributed by atoms with Crippen molar-refractivity contribution in [2.75, 3.05) is 25.1 Å². The van der Waals surface area contributed by atoms with Crippen LogP contribution in [0.15, 0.2) is 48.5 Å². The first-order valence-corrected chi connectivity index (χ1v) is 8.97. The number of hydrogen-bond acceptors (Lipinski definition) is 4. The summed E-state index contributed by atoms with van der Waals surface area (Å²) in [5, 5.41) is 2.89. The van der Waals surface area contributed by atoms with Crippen molar-refractivity contribution >= 4 is 11.6 Å². The van der Waals surface area contributed by atoms with Crippen molar-refractivity contribution in [2.24, 2.45) is 0 Å². The Morgan fingerprint density at radius 1 is 1.04 bits per heavy atom. The van der Waals surface area contributed by atoms with Crippen LogP contribution in [0.25, 0.3) is 0 Å². The predicted octanol–water partition coefficient (Wildman–Crippen LogP) is 4.21. The van der Waals surface area contributed by atoms with Gasteiger partial charge < -0.3 is 19.5 Å². The number of aryl methyl sites for hydroxylation is 1. The van der Waals surface area contributed by atoms with Crippen LogP contribution in [-0.4, -0.2) is 31.8 Å². The molecule has 0 aliphatic carbocycles. The zero-order valence-corrected chi connectivity index (χ0v) is 15.7. The Kier molecular flexibility index (Phi) is 7.96. The van der Waals surface area contributed by atoms with Gasteiger partial charge in [0, 0.05) is 12.3 Å². The van der Waals surface area contributed by atoms with E-state index >= 15 is 0 Å². The molecule has 5 heteroatoms. The molecule has 2 aromatic carbocycles. The molecule has 0 saturated heterocycles. The largest absolute Gasteiger partial charge is 0.491 e. The van der Waals surface area contributed by atoms with Crippen LogP contribution in [-0.2, 0) is 9.53 Å². The molecular weight excluding hydrogens is 330 g/mol. The number of carbonyl (C=O) groups is 1. The molecule has 1 amide bonds. The highest BCUT2D eigenvalue weighted by molar-refractivity contribution is 5.94. The van der Waals surface area contributed by atoms with Gasteiger partial charge in [-0.05, 0) is 62.2 Å². The van der Waals surface area contributed by atoms with Gasteiger partial charge in [0.25, 0.3) is 5.91 Å². The van der Waals surface area contributed by atoms with Gasteiger partial charge in [0.15, 0.2) is 6.10 Å². The molecule has 2 aromatic rings. The van der Waals surface area contributed by atoms with Gasteiger partial charge in [-0.2, -0.15) is 0 Å². The zero-order valence-electron chi connectivity index (χ0n) is 15.7. The number of amides is 1. The van der Waals surface area contributed by atoms with E-state index in [1.807, 2.05) is 69.3 Å². The lowest BCUT2D eigenvalue weighted by Gasteiger charge is -2.17. The van der Waals surface area contributed by atoms with E-state index in [2.05, 4.69) is 5.32 Å². The summed E-state index contributed by atoms with van der Waals surface area (Å²) in [5.74, 6) is 1.27. The fourth-order valence-corrected chi connectivity index (χ4v) is 2.40. The zero-order chi connectivity index (χ0) is 18.8. The second kappa shape index (κ2) is 10.5. The normalized spacial score (nSPS) is 11.7. The standard InChI is InChI=1S/C21H27NO4/c1-4-20(26-19-8-6-7-16(3)15-19)21(23)22-17-9-11-18(12-10-17)25-14-13-24-5-2/h6-12,15,20H,4-5,13-14H2,1-3H3,(H,22,23). The molecule has 1 unspecified atom stereocenters. The summed E-state index contributed by atoms with van der Waals surface area (Å²) in [7, 11) is 0. The highest BCUT2D eigenvalue weighted by Gasteiger charge is 2.18. The third kappa shape index (κ3) is 6.41. The lowest BCUT2D eigenvalue weighted by Crippen LogP contribution is -2.32. The SMILES string of the molecule is CCOCCOc1ccc(NC(=O)C(CC)Oc2cccc(C)c2)cc1. The molecule has 26 heavy (non-hydrogen) atoms. The average molecular weight is 357 g/mol. The highest BCUT2D eigenvalue weighted by atomic mass is 16.5. The van der Waals surface area contributed by atoms with Crippen LogP contribution >= 0.6 is 0 Å². The summed E-state index contributed by atoms with van der Waals surface area (Å²) in [5.41, 5.74) is 1.80. The molecule has 0 fully saturated rings. The molecule has 5 nitrogen and oxygen atoms in total. The summed E-state index contributed by atoms with van der Waals surface area (Å²) < 4.78 is 16.6. The monoisotopic (exact) mass is 357 g/mol. The maximum Gasteiger partial charge on any atom is 0.265 e. The molecule has 0 aliphatic rings. The van der Waals surface area contributed by atoms with Gasteiger partial charge in [-0.1, -0.05) is 19.1 Å². The lowest BCUT2D eigenvalue weighted by atomic mass is 10.2. The minimum Gasteiger partial charge on any atom is -0.491 e. The van der Waals surface area contributed by atoms with Crippen molar-refractivity contribution in [3.05, 3.63) is 54.1 Å². The van der Waals surface area contributed by atoms with Gasteiger partial charge in [-0.25, -0.2) is 0 Å². The van der Waals surface area contributed by atoms with E-state index in [0.717, 1.165) is 11.3 Å². The molecule has 0 aromatic heterocycles. The summed E-state index contributed by atoms with van der Waals surface area (Å²) in [6.07, 6.45) is 0.0391. The van der Waals surface area contributed by atoms with E-state index in [0.29, 0.717) is 37.7 Å². The summed E-state index contributed by atoms with van der Waals surface area (Å²) in [6.45, 7) is 7.60. The summed E-state index contributed by atoms with van der Waals surface area (Å²) >= 11 is 0. The number of benzene rings is 2. The number of nitrogens with one attached hydrogen (secondary N) is 1. The molecule has 1 atom stereocenters. The first kappa shape index (κ1) is 19.8. The third-order valence-corrected chi connectivity index (χ3v) is 3.75. The van der Waals surface area contributed by atoms with Crippen molar-refractivity contribution in [1.82, 2.24) is 0 Å². The molecule has 0 spiro atoms. The van der Waals surface area contributed by atoms with Crippen LogP contribution in [0.1, 0.15) is 25.8 Å². The van der Waals surface area contributed by atoms with Crippen molar-refractivity contribution in [2.45, 2.75) is 33.3 Å². The topological polar surface area (TPSA) is 56.8 Å². The van der Waals surface area contributed by atoms with Gasteiger partial charge in [-0.3, -0.25) is 4.79 Å². The minimum atomic E-state index is -0.543. The van der Waals surface area contributed by atoms with Gasteiger partial charge >= 0.3 is 0 Å². The van der Waals surface area contributed by atoms with Crippen LogP contribution in [0.3, 0.4) is 0 Å². The maximum atomic E-state index is 12.5. The third-order valence-electron chi connectivity index (χ3n) is 3.75. The fourth-order valence-electron chi connectivity index (χ4n) is 2.40. The Hall–Kier alpha value is -2.53. The minimum absolute atomic E-state index is 0.168. The van der Waals surface area contributed by atoms with Gasteiger partial charge in [0.1, 0.15) is 18.1 Å². The number of carbonyl (C=O) groups excluding carboxylic acids is 1. The van der Waals surface area contributed by atoms with Crippen LogP contribution in [0.4, 0.5) is 5.69 Å². The second-order valence-electron chi connectivity index (χ2n) is 5.89. The molecule has 0 saturated carbocycles. The molecule has 1 N–H and O–H groups in total. The van der Waals surface area contributed by atoms with Crippen LogP contribution in [0.2, 0.25) is 0 Å². The average Bonchev–Trinajstić information content (AvgIpc) is 2.64. The molecule has 0 bridgehead atoms. The van der Waals surface area contributed by atoms with Gasteiger partial charge in [0.05, 0.1) is 6.61 Å². The molecule has 140 valence electrons. The van der Waals surface area contributed by atoms with Gasteiger partial charge in [-0.15, -0.1) is 0 Å². The quantitative estimate of drug-likeness (QED) is 0.647. The summed E-state index contributed by atoms with van der Waals surface area (Å²) in [6, 6.07) is 15.0. The second-order valence-corrected chi connectivity index (χ2v) is 5.89. The van der Waals surface area contributed by atoms with Crippen LogP contribution in [0, 0.1) is 6.92 Å². The Morgan fingerprint density at radius 2 is 1.81 bits per heavy atom. The Morgan fingerprint density at radius 3 is 2.46 bits per heavy atom. The number of ether oxygens (including phenoxy) is 3. The van der Waals surface area contributed by atoms with Crippen LogP contribution < -0.4 is 14.8 Å². The molecular formula is C21H27NO4. The summed E-state index contributed by atoms with van der Waals surface area (Å²) in [4.78, 5) is 12.5. The van der Waals surface area contributed by atoms with E-state index < -0.39 is 6.10 Å². The lowest BCUT2D eigenvalue weighted by molar-refractivity contribution is -0.122. The Labute approximate surface area is 155 Å². The predicted molar refractivity (Wildman–Crippen MR) is 103 cm³/mol. The van der Waals surface area contributed by atoms with Gasteiger partial charge in [0.2, 0.25) is 0 Å². The van der Waals surface area contributed by atoms with Crippen molar-refractivity contribution in [1.29, 1.82) is 0 Å². The van der Waals surface area contributed by atoms with E-state index in [9.17, 15) is 4.79 Å². The maximum absolute atomic E-state index is 12.5. The van der Waals surface area contributed by atoms with Crippen molar-refractivity contribution in [3.63, 3.8) is 0 Å². The molecule has 0 aliphatic heterocycles. The van der Waals surface area contributed by atoms with Crippen molar-refractivity contribution in [3.8, 4) is 11.5 Å². The number of hydrogen-bond donors (Lipinski definition) is 1. The Balaban J connectivity index is 1.88.